The van der Waals surface area contributed by atoms with Crippen LogP contribution in [0.5, 0.6) is 0 Å². The first-order valence-electron chi connectivity index (χ1n) is 5.74. The summed E-state index contributed by atoms with van der Waals surface area (Å²) >= 11 is 0. The van der Waals surface area contributed by atoms with Crippen LogP contribution in [0.1, 0.15) is 19.4 Å². The van der Waals surface area contributed by atoms with E-state index in [-0.39, 0.29) is 25.1 Å². The molecule has 0 amide bonds. The smallest absolute Gasteiger partial charge is 0.313 e. The summed E-state index contributed by atoms with van der Waals surface area (Å²) in [4.78, 5) is 11.8. The fraction of sp³-hybridized carbons (Fsp3) is 0.462. The molecule has 5 heteroatoms. The highest BCUT2D eigenvalue weighted by Crippen LogP contribution is 2.25. The number of hydrogen-bond donors (Lipinski definition) is 1. The van der Waals surface area contributed by atoms with Crippen molar-refractivity contribution in [3.8, 4) is 0 Å². The Morgan fingerprint density at radius 3 is 2.61 bits per heavy atom. The third-order valence-electron chi connectivity index (χ3n) is 2.81. The number of halogens is 2. The van der Waals surface area contributed by atoms with Gasteiger partial charge < -0.3 is 10.5 Å². The van der Waals surface area contributed by atoms with Crippen LogP contribution in [0.4, 0.5) is 8.78 Å². The molecular weight excluding hydrogens is 240 g/mol. The molecule has 3 nitrogen and oxygen atoms in total. The highest BCUT2D eigenvalue weighted by atomic mass is 19.1. The molecule has 1 aromatic carbocycles. The Morgan fingerprint density at radius 2 is 2.11 bits per heavy atom. The van der Waals surface area contributed by atoms with Crippen LogP contribution >= 0.6 is 0 Å². The molecule has 0 aliphatic carbocycles. The zero-order chi connectivity index (χ0) is 13.8. The van der Waals surface area contributed by atoms with E-state index in [1.54, 1.807) is 13.8 Å². The SMILES string of the molecule is CCOC(=O)C(C)(CN)Cc1ccc(F)cc1F. The Balaban J connectivity index is 2.94. The van der Waals surface area contributed by atoms with Crippen molar-refractivity contribution in [3.05, 3.63) is 35.4 Å². The van der Waals surface area contributed by atoms with Gasteiger partial charge in [-0.05, 0) is 31.9 Å². The van der Waals surface area contributed by atoms with Crippen LogP contribution in [0, 0.1) is 17.0 Å². The zero-order valence-electron chi connectivity index (χ0n) is 10.5. The van der Waals surface area contributed by atoms with E-state index < -0.39 is 23.0 Å². The van der Waals surface area contributed by atoms with Crippen LogP contribution in [-0.2, 0) is 16.0 Å². The molecule has 0 saturated heterocycles. The molecule has 0 spiro atoms. The molecule has 0 heterocycles. The van der Waals surface area contributed by atoms with Gasteiger partial charge in [-0.15, -0.1) is 0 Å². The fourth-order valence-corrected chi connectivity index (χ4v) is 1.62. The Labute approximate surface area is 105 Å². The monoisotopic (exact) mass is 257 g/mol. The van der Waals surface area contributed by atoms with Gasteiger partial charge >= 0.3 is 5.97 Å². The van der Waals surface area contributed by atoms with Crippen LogP contribution in [0.25, 0.3) is 0 Å². The summed E-state index contributed by atoms with van der Waals surface area (Å²) in [6.45, 7) is 3.56. The molecule has 0 fully saturated rings. The van der Waals surface area contributed by atoms with Crippen molar-refractivity contribution < 1.29 is 18.3 Å². The summed E-state index contributed by atoms with van der Waals surface area (Å²) in [6, 6.07) is 3.26. The van der Waals surface area contributed by atoms with Crippen LogP contribution in [0.3, 0.4) is 0 Å². The summed E-state index contributed by atoms with van der Waals surface area (Å²) in [6.07, 6.45) is 0.0778. The van der Waals surface area contributed by atoms with E-state index in [4.69, 9.17) is 10.5 Å². The van der Waals surface area contributed by atoms with Crippen LogP contribution in [-0.4, -0.2) is 19.1 Å². The van der Waals surface area contributed by atoms with E-state index in [0.717, 1.165) is 12.1 Å². The van der Waals surface area contributed by atoms with Gasteiger partial charge in [0, 0.05) is 12.6 Å². The average molecular weight is 257 g/mol. The maximum atomic E-state index is 13.5. The standard InChI is InChI=1S/C13H17F2NO2/c1-3-18-12(17)13(2,8-16)7-9-4-5-10(14)6-11(9)15/h4-6H,3,7-8,16H2,1-2H3. The third kappa shape index (κ3) is 3.26. The summed E-state index contributed by atoms with van der Waals surface area (Å²) in [7, 11) is 0. The lowest BCUT2D eigenvalue weighted by Crippen LogP contribution is -2.39. The van der Waals surface area contributed by atoms with Gasteiger partial charge in [0.05, 0.1) is 12.0 Å². The van der Waals surface area contributed by atoms with Crippen molar-refractivity contribution in [2.75, 3.05) is 13.2 Å². The van der Waals surface area contributed by atoms with E-state index >= 15 is 0 Å². The first-order chi connectivity index (χ1) is 8.42. The number of nitrogens with two attached hydrogens (primary N) is 1. The van der Waals surface area contributed by atoms with Gasteiger partial charge in [-0.2, -0.15) is 0 Å². The molecule has 0 bridgehead atoms. The van der Waals surface area contributed by atoms with Crippen molar-refractivity contribution >= 4 is 5.97 Å². The fourth-order valence-electron chi connectivity index (χ4n) is 1.62. The predicted molar refractivity (Wildman–Crippen MR) is 63.9 cm³/mol. The van der Waals surface area contributed by atoms with Gasteiger partial charge in [0.15, 0.2) is 0 Å². The molecule has 0 aliphatic heterocycles. The molecule has 0 aliphatic rings. The molecule has 1 atom stereocenters. The molecule has 1 aromatic rings. The van der Waals surface area contributed by atoms with Gasteiger partial charge in [-0.1, -0.05) is 6.07 Å². The van der Waals surface area contributed by atoms with Gasteiger partial charge in [0.25, 0.3) is 0 Å². The average Bonchev–Trinajstić information content (AvgIpc) is 2.33. The lowest BCUT2D eigenvalue weighted by Gasteiger charge is -2.25. The number of carbonyl (C=O) groups excluding carboxylic acids is 1. The first kappa shape index (κ1) is 14.6. The minimum atomic E-state index is -1.01. The highest BCUT2D eigenvalue weighted by Gasteiger charge is 2.34. The lowest BCUT2D eigenvalue weighted by atomic mass is 9.83. The minimum Gasteiger partial charge on any atom is -0.466 e. The second-order valence-corrected chi connectivity index (χ2v) is 4.40. The van der Waals surface area contributed by atoms with E-state index in [9.17, 15) is 13.6 Å². The highest BCUT2D eigenvalue weighted by molar-refractivity contribution is 5.77. The minimum absolute atomic E-state index is 0.0304. The molecular formula is C13H17F2NO2. The van der Waals surface area contributed by atoms with Gasteiger partial charge in [0.2, 0.25) is 0 Å². The predicted octanol–water partition coefficient (Wildman–Crippen LogP) is 2.04. The Hall–Kier alpha value is -1.49. The second-order valence-electron chi connectivity index (χ2n) is 4.40. The number of benzene rings is 1. The second kappa shape index (κ2) is 5.91. The maximum absolute atomic E-state index is 13.5. The molecule has 0 aromatic heterocycles. The number of carbonyl (C=O) groups is 1. The van der Waals surface area contributed by atoms with E-state index in [2.05, 4.69) is 0 Å². The van der Waals surface area contributed by atoms with Crippen LogP contribution in [0.15, 0.2) is 18.2 Å². The Kier molecular flexibility index (Phi) is 4.78. The molecule has 1 unspecified atom stereocenters. The summed E-state index contributed by atoms with van der Waals surface area (Å²) in [5.74, 6) is -1.81. The van der Waals surface area contributed by atoms with E-state index in [0.29, 0.717) is 0 Å². The largest absolute Gasteiger partial charge is 0.466 e. The van der Waals surface area contributed by atoms with Gasteiger partial charge in [-0.3, -0.25) is 4.79 Å². The number of rotatable bonds is 5. The zero-order valence-corrected chi connectivity index (χ0v) is 10.5. The first-order valence-corrected chi connectivity index (χ1v) is 5.74. The van der Waals surface area contributed by atoms with Gasteiger partial charge in [0.1, 0.15) is 11.6 Å². The maximum Gasteiger partial charge on any atom is 0.313 e. The molecule has 100 valence electrons. The quantitative estimate of drug-likeness (QED) is 0.821. The summed E-state index contributed by atoms with van der Waals surface area (Å²) in [5.41, 5.74) is 4.81. The summed E-state index contributed by atoms with van der Waals surface area (Å²) < 4.78 is 31.2. The molecule has 0 saturated carbocycles. The lowest BCUT2D eigenvalue weighted by molar-refractivity contribution is -0.153. The topological polar surface area (TPSA) is 52.3 Å². The van der Waals surface area contributed by atoms with Crippen LogP contribution < -0.4 is 5.73 Å². The summed E-state index contributed by atoms with van der Waals surface area (Å²) in [5, 5.41) is 0. The van der Waals surface area contributed by atoms with Crippen molar-refractivity contribution in [1.82, 2.24) is 0 Å². The Bertz CT molecular complexity index is 437. The number of hydrogen-bond acceptors (Lipinski definition) is 3. The van der Waals surface area contributed by atoms with E-state index in [1.165, 1.54) is 6.07 Å². The molecule has 1 rings (SSSR count). The van der Waals surface area contributed by atoms with Crippen molar-refractivity contribution in [2.24, 2.45) is 11.1 Å². The molecule has 18 heavy (non-hydrogen) atoms. The number of esters is 1. The third-order valence-corrected chi connectivity index (χ3v) is 2.81. The van der Waals surface area contributed by atoms with Crippen molar-refractivity contribution in [2.45, 2.75) is 20.3 Å². The van der Waals surface area contributed by atoms with Crippen molar-refractivity contribution in [3.63, 3.8) is 0 Å². The molecule has 2 N–H and O–H groups in total. The van der Waals surface area contributed by atoms with E-state index in [1.807, 2.05) is 0 Å². The van der Waals surface area contributed by atoms with Crippen LogP contribution in [0.2, 0.25) is 0 Å². The van der Waals surface area contributed by atoms with Crippen molar-refractivity contribution in [1.29, 1.82) is 0 Å². The van der Waals surface area contributed by atoms with Gasteiger partial charge in [-0.25, -0.2) is 8.78 Å². The molecule has 0 radical (unpaired) electrons. The normalized spacial score (nSPS) is 14.1. The number of ether oxygens (including phenoxy) is 1. The Morgan fingerprint density at radius 1 is 1.44 bits per heavy atom.